The lowest BCUT2D eigenvalue weighted by Crippen LogP contribution is -2.52. The molecule has 1 atom stereocenters. The van der Waals surface area contributed by atoms with Crippen molar-refractivity contribution in [3.8, 4) is 0 Å². The van der Waals surface area contributed by atoms with Crippen LogP contribution >= 0.6 is 24.8 Å². The maximum Gasteiger partial charge on any atom is 0.226 e. The van der Waals surface area contributed by atoms with Crippen molar-refractivity contribution in [3.05, 3.63) is 48.0 Å². The molecule has 0 radical (unpaired) electrons. The minimum Gasteiger partial charge on any atom is -0.348 e. The first-order chi connectivity index (χ1) is 9.78. The zero-order valence-corrected chi connectivity index (χ0v) is 13.8. The fraction of sp³-hybridized carbons (Fsp3) is 0.312. The van der Waals surface area contributed by atoms with Gasteiger partial charge in [-0.3, -0.25) is 4.79 Å². The minimum absolute atomic E-state index is 0. The maximum absolute atomic E-state index is 12.0. The standard InChI is InChI=1S/C16H19N3O.2ClH/c17-8-15(19-16(20)14-9-18-10-14)13-6-5-11-3-1-2-4-12(11)7-13;;/h1-7,14-15,18H,8-10,17H2,(H,19,20);2*1H. The number of carbonyl (C=O) groups is 1. The van der Waals surface area contributed by atoms with E-state index in [9.17, 15) is 4.79 Å². The average molecular weight is 342 g/mol. The Hall–Kier alpha value is -1.33. The lowest BCUT2D eigenvalue weighted by molar-refractivity contribution is -0.127. The number of amides is 1. The second-order valence-corrected chi connectivity index (χ2v) is 5.26. The van der Waals surface area contributed by atoms with Crippen LogP contribution in [-0.2, 0) is 4.79 Å². The first-order valence-corrected chi connectivity index (χ1v) is 6.98. The summed E-state index contributed by atoms with van der Waals surface area (Å²) in [5, 5.41) is 8.52. The molecule has 1 amide bonds. The molecular weight excluding hydrogens is 321 g/mol. The van der Waals surface area contributed by atoms with Crippen LogP contribution in [0.15, 0.2) is 42.5 Å². The lowest BCUT2D eigenvalue weighted by Gasteiger charge is -2.28. The summed E-state index contributed by atoms with van der Waals surface area (Å²) in [6, 6.07) is 14.3. The van der Waals surface area contributed by atoms with Gasteiger partial charge in [-0.1, -0.05) is 36.4 Å². The van der Waals surface area contributed by atoms with E-state index in [-0.39, 0.29) is 42.7 Å². The molecule has 1 aliphatic heterocycles. The quantitative estimate of drug-likeness (QED) is 0.796. The van der Waals surface area contributed by atoms with Crippen molar-refractivity contribution >= 4 is 41.5 Å². The number of nitrogens with two attached hydrogens (primary N) is 1. The monoisotopic (exact) mass is 341 g/mol. The third-order valence-corrected chi connectivity index (χ3v) is 3.88. The van der Waals surface area contributed by atoms with E-state index in [1.807, 2.05) is 18.2 Å². The molecule has 120 valence electrons. The van der Waals surface area contributed by atoms with Gasteiger partial charge in [-0.25, -0.2) is 0 Å². The Kier molecular flexibility index (Phi) is 7.10. The van der Waals surface area contributed by atoms with Crippen molar-refractivity contribution in [2.75, 3.05) is 19.6 Å². The molecule has 2 aromatic carbocycles. The first-order valence-electron chi connectivity index (χ1n) is 6.98. The van der Waals surface area contributed by atoms with Gasteiger partial charge in [0, 0.05) is 19.6 Å². The topological polar surface area (TPSA) is 67.1 Å². The van der Waals surface area contributed by atoms with Gasteiger partial charge in [0.15, 0.2) is 0 Å². The maximum atomic E-state index is 12.0. The van der Waals surface area contributed by atoms with Crippen LogP contribution in [0.25, 0.3) is 10.8 Å². The van der Waals surface area contributed by atoms with Gasteiger partial charge in [0.25, 0.3) is 0 Å². The van der Waals surface area contributed by atoms with Gasteiger partial charge in [0.1, 0.15) is 0 Å². The molecule has 22 heavy (non-hydrogen) atoms. The van der Waals surface area contributed by atoms with E-state index < -0.39 is 0 Å². The van der Waals surface area contributed by atoms with Crippen LogP contribution in [0, 0.1) is 5.92 Å². The molecule has 1 unspecified atom stereocenters. The van der Waals surface area contributed by atoms with E-state index in [2.05, 4.69) is 34.9 Å². The van der Waals surface area contributed by atoms with Crippen molar-refractivity contribution in [3.63, 3.8) is 0 Å². The molecule has 3 rings (SSSR count). The number of carbonyl (C=O) groups excluding carboxylic acids is 1. The van der Waals surface area contributed by atoms with Crippen molar-refractivity contribution in [2.24, 2.45) is 11.7 Å². The summed E-state index contributed by atoms with van der Waals surface area (Å²) in [6.07, 6.45) is 0. The van der Waals surface area contributed by atoms with Gasteiger partial charge in [-0.2, -0.15) is 0 Å². The molecule has 6 heteroatoms. The number of hydrogen-bond acceptors (Lipinski definition) is 3. The smallest absolute Gasteiger partial charge is 0.226 e. The molecule has 4 N–H and O–H groups in total. The summed E-state index contributed by atoms with van der Waals surface area (Å²) in [5.41, 5.74) is 6.89. The Bertz CT molecular complexity index is 632. The lowest BCUT2D eigenvalue weighted by atomic mass is 9.99. The summed E-state index contributed by atoms with van der Waals surface area (Å²) >= 11 is 0. The fourth-order valence-corrected chi connectivity index (χ4v) is 2.47. The van der Waals surface area contributed by atoms with E-state index in [4.69, 9.17) is 5.73 Å². The molecule has 0 aliphatic carbocycles. The second-order valence-electron chi connectivity index (χ2n) is 5.26. The van der Waals surface area contributed by atoms with Gasteiger partial charge >= 0.3 is 0 Å². The minimum atomic E-state index is -0.118. The van der Waals surface area contributed by atoms with Gasteiger partial charge in [-0.05, 0) is 22.4 Å². The van der Waals surface area contributed by atoms with Crippen molar-refractivity contribution in [2.45, 2.75) is 6.04 Å². The average Bonchev–Trinajstić information content (AvgIpc) is 2.42. The number of hydrogen-bond donors (Lipinski definition) is 3. The molecule has 1 heterocycles. The van der Waals surface area contributed by atoms with E-state index in [0.717, 1.165) is 18.7 Å². The van der Waals surface area contributed by atoms with Crippen LogP contribution in [0.1, 0.15) is 11.6 Å². The molecule has 1 saturated heterocycles. The zero-order valence-electron chi connectivity index (χ0n) is 12.1. The molecule has 1 aliphatic rings. The Morgan fingerprint density at radius 1 is 1.18 bits per heavy atom. The number of benzene rings is 2. The molecule has 0 aromatic heterocycles. The largest absolute Gasteiger partial charge is 0.348 e. The van der Waals surface area contributed by atoms with Crippen molar-refractivity contribution in [1.82, 2.24) is 10.6 Å². The highest BCUT2D eigenvalue weighted by atomic mass is 35.5. The number of rotatable bonds is 4. The molecule has 0 spiro atoms. The summed E-state index contributed by atoms with van der Waals surface area (Å²) in [6.45, 7) is 1.94. The Labute approximate surface area is 142 Å². The normalized spacial score (nSPS) is 15.1. The summed E-state index contributed by atoms with van der Waals surface area (Å²) in [7, 11) is 0. The van der Waals surface area contributed by atoms with Gasteiger partial charge < -0.3 is 16.4 Å². The Balaban J connectivity index is 0.00000121. The Morgan fingerprint density at radius 2 is 1.86 bits per heavy atom. The van der Waals surface area contributed by atoms with Crippen LogP contribution in [0.5, 0.6) is 0 Å². The van der Waals surface area contributed by atoms with Gasteiger partial charge in [-0.15, -0.1) is 24.8 Å². The second kappa shape index (κ2) is 8.34. The van der Waals surface area contributed by atoms with Gasteiger partial charge in [0.2, 0.25) is 5.91 Å². The van der Waals surface area contributed by atoms with Crippen LogP contribution < -0.4 is 16.4 Å². The number of nitrogens with one attached hydrogen (secondary N) is 2. The number of halogens is 2. The zero-order chi connectivity index (χ0) is 13.9. The first kappa shape index (κ1) is 18.7. The highest BCUT2D eigenvalue weighted by Gasteiger charge is 2.26. The summed E-state index contributed by atoms with van der Waals surface area (Å²) in [5.74, 6) is 0.178. The van der Waals surface area contributed by atoms with E-state index in [1.165, 1.54) is 10.8 Å². The predicted molar refractivity (Wildman–Crippen MR) is 94.7 cm³/mol. The molecule has 4 nitrogen and oxygen atoms in total. The van der Waals surface area contributed by atoms with Crippen LogP contribution in [0.2, 0.25) is 0 Å². The van der Waals surface area contributed by atoms with Crippen LogP contribution in [-0.4, -0.2) is 25.5 Å². The van der Waals surface area contributed by atoms with E-state index in [0.29, 0.717) is 6.54 Å². The molecule has 0 bridgehead atoms. The highest BCUT2D eigenvalue weighted by Crippen LogP contribution is 2.20. The third-order valence-electron chi connectivity index (χ3n) is 3.88. The van der Waals surface area contributed by atoms with E-state index in [1.54, 1.807) is 0 Å². The SMILES string of the molecule is Cl.Cl.NCC(NC(=O)C1CNC1)c1ccc2ccccc2c1. The summed E-state index contributed by atoms with van der Waals surface area (Å²) < 4.78 is 0. The third kappa shape index (κ3) is 3.90. The molecular formula is C16H21Cl2N3O. The number of fused-ring (bicyclic) bond motifs is 1. The van der Waals surface area contributed by atoms with Crippen molar-refractivity contribution in [1.29, 1.82) is 0 Å². The highest BCUT2D eigenvalue weighted by molar-refractivity contribution is 5.86. The van der Waals surface area contributed by atoms with Crippen LogP contribution in [0.3, 0.4) is 0 Å². The predicted octanol–water partition coefficient (Wildman–Crippen LogP) is 2.02. The molecule has 2 aromatic rings. The van der Waals surface area contributed by atoms with Crippen LogP contribution in [0.4, 0.5) is 0 Å². The van der Waals surface area contributed by atoms with Crippen molar-refractivity contribution < 1.29 is 4.79 Å². The fourth-order valence-electron chi connectivity index (χ4n) is 2.47. The van der Waals surface area contributed by atoms with Gasteiger partial charge in [0.05, 0.1) is 12.0 Å². The summed E-state index contributed by atoms with van der Waals surface area (Å²) in [4.78, 5) is 12.0. The van der Waals surface area contributed by atoms with E-state index >= 15 is 0 Å². The molecule has 1 fully saturated rings. The molecule has 0 saturated carbocycles. The Morgan fingerprint density at radius 3 is 2.45 bits per heavy atom.